The van der Waals surface area contributed by atoms with Gasteiger partial charge in [-0.1, -0.05) is 30.3 Å². The maximum Gasteiger partial charge on any atom is 0.314 e. The predicted octanol–water partition coefficient (Wildman–Crippen LogP) is 1.23. The highest BCUT2D eigenvalue weighted by Gasteiger charge is 2.44. The largest absolute Gasteiger partial charge is 0.316 e. The average Bonchev–Trinajstić information content (AvgIpc) is 3.43. The van der Waals surface area contributed by atoms with E-state index in [0.29, 0.717) is 12.1 Å². The number of hydrogen-bond acceptors (Lipinski definition) is 4. The van der Waals surface area contributed by atoms with E-state index in [1.807, 2.05) is 30.3 Å². The van der Waals surface area contributed by atoms with Crippen molar-refractivity contribution in [1.29, 1.82) is 0 Å². The van der Waals surface area contributed by atoms with Crippen molar-refractivity contribution in [2.75, 3.05) is 6.54 Å². The number of sulfonamides is 1. The topological polar surface area (TPSA) is 112 Å². The van der Waals surface area contributed by atoms with Gasteiger partial charge in [-0.3, -0.25) is 9.59 Å². The Morgan fingerprint density at radius 2 is 1.58 bits per heavy atom. The summed E-state index contributed by atoms with van der Waals surface area (Å²) in [6, 6.07) is 14.1. The molecule has 0 saturated heterocycles. The summed E-state index contributed by atoms with van der Waals surface area (Å²) >= 11 is 0. The highest BCUT2D eigenvalue weighted by molar-refractivity contribution is 7.89. The van der Waals surface area contributed by atoms with E-state index in [9.17, 15) is 18.0 Å². The Bertz CT molecular complexity index is 1190. The third-order valence-corrected chi connectivity index (χ3v) is 6.24. The molecular weight excluding hydrogens is 354 g/mol. The maximum atomic E-state index is 12.7. The average molecular weight is 371 g/mol. The molecule has 134 valence electrons. The molecule has 1 heterocycles. The number of fused-ring (bicyclic) bond motifs is 1. The highest BCUT2D eigenvalue weighted by atomic mass is 32.2. The van der Waals surface area contributed by atoms with Crippen LogP contribution in [0.4, 0.5) is 0 Å². The van der Waals surface area contributed by atoms with Crippen molar-refractivity contribution in [1.82, 2.24) is 14.7 Å². The first-order valence-corrected chi connectivity index (χ1v) is 9.70. The predicted molar refractivity (Wildman–Crippen MR) is 97.7 cm³/mol. The van der Waals surface area contributed by atoms with Crippen LogP contribution in [0.25, 0.3) is 11.0 Å². The number of benzene rings is 2. The molecule has 4 rings (SSSR count). The van der Waals surface area contributed by atoms with Crippen LogP contribution >= 0.6 is 0 Å². The molecule has 0 spiro atoms. The van der Waals surface area contributed by atoms with E-state index in [4.69, 9.17) is 0 Å². The summed E-state index contributed by atoms with van der Waals surface area (Å²) < 4.78 is 28.0. The summed E-state index contributed by atoms with van der Waals surface area (Å²) in [5.74, 6) is 0. The molecule has 1 aromatic heterocycles. The summed E-state index contributed by atoms with van der Waals surface area (Å²) in [7, 11) is -3.74. The Kier molecular flexibility index (Phi) is 3.82. The first kappa shape index (κ1) is 16.7. The molecule has 0 amide bonds. The first-order valence-electron chi connectivity index (χ1n) is 8.21. The van der Waals surface area contributed by atoms with Crippen LogP contribution in [-0.2, 0) is 15.4 Å². The zero-order valence-corrected chi connectivity index (χ0v) is 14.6. The van der Waals surface area contributed by atoms with Gasteiger partial charge in [0.1, 0.15) is 0 Å². The Balaban J connectivity index is 1.61. The fraction of sp³-hybridized carbons (Fsp3) is 0.222. The third-order valence-electron chi connectivity index (χ3n) is 4.84. The van der Waals surface area contributed by atoms with E-state index in [-0.39, 0.29) is 15.8 Å². The molecule has 0 radical (unpaired) electrons. The van der Waals surface area contributed by atoms with Crippen molar-refractivity contribution in [3.63, 3.8) is 0 Å². The van der Waals surface area contributed by atoms with Crippen molar-refractivity contribution >= 4 is 21.1 Å². The van der Waals surface area contributed by atoms with Crippen LogP contribution in [0.3, 0.4) is 0 Å². The SMILES string of the molecule is O=c1[nH]c2ccc(S(=O)(=O)NCC3(c4ccccc4)CC3)cc2[nH]c1=O. The molecule has 0 unspecified atom stereocenters. The number of nitrogens with one attached hydrogen (secondary N) is 3. The lowest BCUT2D eigenvalue weighted by molar-refractivity contribution is 0.567. The van der Waals surface area contributed by atoms with Gasteiger partial charge in [0, 0.05) is 12.0 Å². The minimum absolute atomic E-state index is 0.0385. The second-order valence-electron chi connectivity index (χ2n) is 6.59. The van der Waals surface area contributed by atoms with E-state index in [1.165, 1.54) is 18.2 Å². The van der Waals surface area contributed by atoms with Gasteiger partial charge in [0.25, 0.3) is 0 Å². The van der Waals surface area contributed by atoms with Crippen molar-refractivity contribution in [3.05, 3.63) is 74.8 Å². The summed E-state index contributed by atoms with van der Waals surface area (Å²) in [4.78, 5) is 27.6. The summed E-state index contributed by atoms with van der Waals surface area (Å²) in [5, 5.41) is 0. The molecule has 0 atom stereocenters. The second-order valence-corrected chi connectivity index (χ2v) is 8.35. The summed E-state index contributed by atoms with van der Waals surface area (Å²) in [6.07, 6.45) is 1.87. The molecule has 3 N–H and O–H groups in total. The van der Waals surface area contributed by atoms with Crippen LogP contribution in [0.1, 0.15) is 18.4 Å². The zero-order valence-electron chi connectivity index (χ0n) is 13.8. The first-order chi connectivity index (χ1) is 12.4. The molecule has 1 aliphatic rings. The summed E-state index contributed by atoms with van der Waals surface area (Å²) in [5.41, 5.74) is 0.0251. The third kappa shape index (κ3) is 2.97. The van der Waals surface area contributed by atoms with Crippen LogP contribution in [-0.4, -0.2) is 24.9 Å². The van der Waals surface area contributed by atoms with Crippen molar-refractivity contribution in [2.45, 2.75) is 23.2 Å². The Labute approximate surface area is 149 Å². The van der Waals surface area contributed by atoms with Gasteiger partial charge in [0.2, 0.25) is 10.0 Å². The van der Waals surface area contributed by atoms with Crippen LogP contribution < -0.4 is 15.8 Å². The van der Waals surface area contributed by atoms with Gasteiger partial charge in [-0.15, -0.1) is 0 Å². The van der Waals surface area contributed by atoms with Crippen molar-refractivity contribution in [2.24, 2.45) is 0 Å². The van der Waals surface area contributed by atoms with Gasteiger partial charge in [-0.2, -0.15) is 0 Å². The number of H-pyrrole nitrogens is 2. The fourth-order valence-corrected chi connectivity index (χ4v) is 4.24. The van der Waals surface area contributed by atoms with Crippen LogP contribution in [0, 0.1) is 0 Å². The van der Waals surface area contributed by atoms with Gasteiger partial charge in [0.05, 0.1) is 15.9 Å². The van der Waals surface area contributed by atoms with Gasteiger partial charge in [-0.05, 0) is 36.6 Å². The van der Waals surface area contributed by atoms with Crippen LogP contribution in [0.5, 0.6) is 0 Å². The van der Waals surface area contributed by atoms with Crippen LogP contribution in [0.15, 0.2) is 63.0 Å². The Morgan fingerprint density at radius 3 is 2.23 bits per heavy atom. The number of rotatable bonds is 5. The molecule has 7 nitrogen and oxygen atoms in total. The van der Waals surface area contributed by atoms with Crippen molar-refractivity contribution < 1.29 is 8.42 Å². The number of aromatic amines is 2. The minimum atomic E-state index is -3.74. The highest BCUT2D eigenvalue weighted by Crippen LogP contribution is 2.47. The second kappa shape index (κ2) is 5.93. The normalized spacial score (nSPS) is 15.8. The maximum absolute atomic E-state index is 12.7. The van der Waals surface area contributed by atoms with Gasteiger partial charge < -0.3 is 9.97 Å². The molecule has 3 aromatic rings. The lowest BCUT2D eigenvalue weighted by Gasteiger charge is -2.17. The zero-order chi connectivity index (χ0) is 18.4. The Hall–Kier alpha value is -2.71. The number of hydrogen-bond donors (Lipinski definition) is 3. The molecule has 0 aliphatic heterocycles. The molecule has 2 aromatic carbocycles. The Morgan fingerprint density at radius 1 is 0.923 bits per heavy atom. The quantitative estimate of drug-likeness (QED) is 0.586. The monoisotopic (exact) mass is 371 g/mol. The minimum Gasteiger partial charge on any atom is -0.316 e. The van der Waals surface area contributed by atoms with E-state index in [2.05, 4.69) is 14.7 Å². The molecular formula is C18H17N3O4S. The molecule has 1 fully saturated rings. The molecule has 1 aliphatic carbocycles. The molecule has 26 heavy (non-hydrogen) atoms. The van der Waals surface area contributed by atoms with Gasteiger partial charge in [-0.25, -0.2) is 13.1 Å². The lowest BCUT2D eigenvalue weighted by Crippen LogP contribution is -2.32. The van der Waals surface area contributed by atoms with E-state index in [1.54, 1.807) is 0 Å². The van der Waals surface area contributed by atoms with E-state index in [0.717, 1.165) is 18.4 Å². The smallest absolute Gasteiger partial charge is 0.314 e. The van der Waals surface area contributed by atoms with Gasteiger partial charge in [0.15, 0.2) is 0 Å². The van der Waals surface area contributed by atoms with Gasteiger partial charge >= 0.3 is 11.1 Å². The lowest BCUT2D eigenvalue weighted by atomic mass is 9.96. The molecule has 8 heteroatoms. The van der Waals surface area contributed by atoms with Crippen molar-refractivity contribution in [3.8, 4) is 0 Å². The standard InChI is InChI=1S/C18H17N3O4S/c22-16-17(23)21-15-10-13(6-7-14(15)20-16)26(24,25)19-11-18(8-9-18)12-4-2-1-3-5-12/h1-7,10,19H,8-9,11H2,(H,20,22)(H,21,23). The number of aromatic nitrogens is 2. The molecule has 0 bridgehead atoms. The van der Waals surface area contributed by atoms with E-state index < -0.39 is 21.1 Å². The van der Waals surface area contributed by atoms with Crippen LogP contribution in [0.2, 0.25) is 0 Å². The van der Waals surface area contributed by atoms with E-state index >= 15 is 0 Å². The molecule has 1 saturated carbocycles. The fourth-order valence-electron chi connectivity index (χ4n) is 3.09. The summed E-state index contributed by atoms with van der Waals surface area (Å²) in [6.45, 7) is 0.319.